The smallest absolute Gasteiger partial charge is 0.317 e. The van der Waals surface area contributed by atoms with Gasteiger partial charge in [0.05, 0.1) is 11.6 Å². The van der Waals surface area contributed by atoms with Crippen molar-refractivity contribution < 1.29 is 9.84 Å². The first kappa shape index (κ1) is 22.5. The number of rotatable bonds is 8. The molecule has 0 saturated carbocycles. The summed E-state index contributed by atoms with van der Waals surface area (Å²) in [5.74, 6) is 0. The van der Waals surface area contributed by atoms with Gasteiger partial charge < -0.3 is 9.84 Å². The van der Waals surface area contributed by atoms with E-state index in [2.05, 4.69) is 80.4 Å². The number of aromatic nitrogens is 2. The van der Waals surface area contributed by atoms with E-state index in [1.54, 1.807) is 6.20 Å². The molecule has 1 aliphatic rings. The van der Waals surface area contributed by atoms with Crippen LogP contribution in [0.15, 0.2) is 91.1 Å². The first-order valence-electron chi connectivity index (χ1n) is 11.9. The van der Waals surface area contributed by atoms with Crippen LogP contribution in [-0.4, -0.2) is 70.3 Å². The van der Waals surface area contributed by atoms with Crippen molar-refractivity contribution >= 4 is 10.9 Å². The maximum absolute atomic E-state index is 10.6. The van der Waals surface area contributed by atoms with E-state index in [1.807, 2.05) is 24.3 Å². The minimum Gasteiger partial charge on any atom is -0.461 e. The predicted molar refractivity (Wildman–Crippen MR) is 134 cm³/mol. The first-order valence-corrected chi connectivity index (χ1v) is 11.9. The van der Waals surface area contributed by atoms with Crippen molar-refractivity contribution in [2.45, 2.75) is 12.1 Å². The summed E-state index contributed by atoms with van der Waals surface area (Å²) in [5, 5.41) is 11.5. The normalized spacial score (nSPS) is 16.1. The Balaban J connectivity index is 1.15. The highest BCUT2D eigenvalue weighted by Gasteiger charge is 2.27. The number of benzene rings is 3. The summed E-state index contributed by atoms with van der Waals surface area (Å²) < 4.78 is 5.68. The molecule has 0 spiro atoms. The number of hydrogen-bond donors (Lipinski definition) is 1. The number of nitrogens with zero attached hydrogens (tertiary/aromatic N) is 4. The molecule has 6 nitrogen and oxygen atoms in total. The quantitative estimate of drug-likeness (QED) is 0.437. The van der Waals surface area contributed by atoms with Gasteiger partial charge in [-0.3, -0.25) is 9.80 Å². The molecule has 1 fully saturated rings. The Bertz CT molecular complexity index is 1140. The van der Waals surface area contributed by atoms with E-state index in [-0.39, 0.29) is 12.6 Å². The summed E-state index contributed by atoms with van der Waals surface area (Å²) in [5.41, 5.74) is 3.46. The fourth-order valence-corrected chi connectivity index (χ4v) is 4.64. The zero-order valence-corrected chi connectivity index (χ0v) is 19.2. The van der Waals surface area contributed by atoms with Gasteiger partial charge in [0.1, 0.15) is 12.7 Å². The molecule has 4 aromatic rings. The van der Waals surface area contributed by atoms with Crippen molar-refractivity contribution in [2.75, 3.05) is 39.3 Å². The van der Waals surface area contributed by atoms with E-state index in [4.69, 9.17) is 4.74 Å². The second-order valence-electron chi connectivity index (χ2n) is 8.74. The third-order valence-corrected chi connectivity index (χ3v) is 6.34. The van der Waals surface area contributed by atoms with Gasteiger partial charge in [-0.15, -0.1) is 0 Å². The first-order chi connectivity index (χ1) is 16.8. The number of aliphatic hydroxyl groups excluding tert-OH is 1. The summed E-state index contributed by atoms with van der Waals surface area (Å²) in [6.45, 7) is 4.43. The minimum absolute atomic E-state index is 0.176. The zero-order chi connectivity index (χ0) is 23.2. The van der Waals surface area contributed by atoms with Crippen molar-refractivity contribution in [3.8, 4) is 6.01 Å². The number of hydrogen-bond acceptors (Lipinski definition) is 6. The lowest BCUT2D eigenvalue weighted by Crippen LogP contribution is -2.50. The predicted octanol–water partition coefficient (Wildman–Crippen LogP) is 3.78. The van der Waals surface area contributed by atoms with Crippen molar-refractivity contribution in [1.82, 2.24) is 19.8 Å². The molecule has 0 aliphatic carbocycles. The monoisotopic (exact) mass is 454 g/mol. The second kappa shape index (κ2) is 10.7. The molecule has 0 radical (unpaired) electrons. The van der Waals surface area contributed by atoms with Crippen LogP contribution in [0, 0.1) is 0 Å². The van der Waals surface area contributed by atoms with Crippen molar-refractivity contribution in [1.29, 1.82) is 0 Å². The molecule has 5 rings (SSSR count). The van der Waals surface area contributed by atoms with Gasteiger partial charge in [0, 0.05) is 44.3 Å². The largest absolute Gasteiger partial charge is 0.461 e. The molecular formula is C28H30N4O2. The van der Waals surface area contributed by atoms with Gasteiger partial charge in [0.25, 0.3) is 0 Å². The molecule has 6 heteroatoms. The standard InChI is InChI=1S/C28H30N4O2/c33-25(21-34-28-29-19-24-13-7-8-14-26(24)30-28)20-31-15-17-32(18-16-31)27(22-9-3-1-4-10-22)23-11-5-2-6-12-23/h1-14,19,25,27,33H,15-18,20-21H2. The second-order valence-corrected chi connectivity index (χ2v) is 8.74. The van der Waals surface area contributed by atoms with Crippen LogP contribution in [0.5, 0.6) is 6.01 Å². The lowest BCUT2D eigenvalue weighted by Gasteiger charge is -2.40. The van der Waals surface area contributed by atoms with Gasteiger partial charge in [-0.25, -0.2) is 4.98 Å². The number of β-amino-alcohol motifs (C(OH)–C–C–N with tert-alkyl or cyclic N) is 1. The van der Waals surface area contributed by atoms with Gasteiger partial charge in [-0.2, -0.15) is 4.98 Å². The van der Waals surface area contributed by atoms with Crippen LogP contribution in [0.4, 0.5) is 0 Å². The van der Waals surface area contributed by atoms with E-state index in [0.717, 1.165) is 37.1 Å². The highest BCUT2D eigenvalue weighted by atomic mass is 16.5. The van der Waals surface area contributed by atoms with E-state index >= 15 is 0 Å². The number of para-hydroxylation sites is 1. The molecule has 34 heavy (non-hydrogen) atoms. The minimum atomic E-state index is -0.597. The van der Waals surface area contributed by atoms with E-state index < -0.39 is 6.10 Å². The fourth-order valence-electron chi connectivity index (χ4n) is 4.64. The lowest BCUT2D eigenvalue weighted by atomic mass is 9.96. The molecule has 174 valence electrons. The third-order valence-electron chi connectivity index (χ3n) is 6.34. The van der Waals surface area contributed by atoms with Crippen molar-refractivity contribution in [3.05, 3.63) is 102 Å². The van der Waals surface area contributed by atoms with Crippen molar-refractivity contribution in [3.63, 3.8) is 0 Å². The molecule has 0 bridgehead atoms. The third kappa shape index (κ3) is 5.42. The maximum Gasteiger partial charge on any atom is 0.317 e. The SMILES string of the molecule is OC(COc1ncc2ccccc2n1)CN1CCN(C(c2ccccc2)c2ccccc2)CC1. The van der Waals surface area contributed by atoms with Gasteiger partial charge in [0.2, 0.25) is 0 Å². The average Bonchev–Trinajstić information content (AvgIpc) is 2.90. The van der Waals surface area contributed by atoms with E-state index in [0.29, 0.717) is 12.6 Å². The average molecular weight is 455 g/mol. The summed E-state index contributed by atoms with van der Waals surface area (Å²) in [6.07, 6.45) is 1.15. The highest BCUT2D eigenvalue weighted by molar-refractivity contribution is 5.77. The van der Waals surface area contributed by atoms with Gasteiger partial charge in [-0.1, -0.05) is 78.9 Å². The Hall–Kier alpha value is -3.32. The lowest BCUT2D eigenvalue weighted by molar-refractivity contribution is 0.0381. The Labute approximate surface area is 200 Å². The summed E-state index contributed by atoms with van der Waals surface area (Å²) in [6, 6.07) is 29.7. The zero-order valence-electron chi connectivity index (χ0n) is 19.2. The Morgan fingerprint density at radius 1 is 0.794 bits per heavy atom. The molecular weight excluding hydrogens is 424 g/mol. The molecule has 2 heterocycles. The number of piperazine rings is 1. The topological polar surface area (TPSA) is 61.7 Å². The molecule has 1 aliphatic heterocycles. The summed E-state index contributed by atoms with van der Waals surface area (Å²) >= 11 is 0. The van der Waals surface area contributed by atoms with Crippen LogP contribution < -0.4 is 4.74 Å². The molecule has 1 saturated heterocycles. The van der Waals surface area contributed by atoms with Crippen LogP contribution in [0.1, 0.15) is 17.2 Å². The molecule has 1 aromatic heterocycles. The molecule has 1 atom stereocenters. The number of fused-ring (bicyclic) bond motifs is 1. The Morgan fingerprint density at radius 2 is 1.41 bits per heavy atom. The van der Waals surface area contributed by atoms with Crippen LogP contribution in [0.2, 0.25) is 0 Å². The molecule has 3 aromatic carbocycles. The van der Waals surface area contributed by atoms with Crippen molar-refractivity contribution in [2.24, 2.45) is 0 Å². The summed E-state index contributed by atoms with van der Waals surface area (Å²) in [4.78, 5) is 13.5. The van der Waals surface area contributed by atoms with E-state index in [1.165, 1.54) is 11.1 Å². The summed E-state index contributed by atoms with van der Waals surface area (Å²) in [7, 11) is 0. The molecule has 1 unspecified atom stereocenters. The van der Waals surface area contributed by atoms with Gasteiger partial charge in [0.15, 0.2) is 0 Å². The highest BCUT2D eigenvalue weighted by Crippen LogP contribution is 2.29. The van der Waals surface area contributed by atoms with Crippen LogP contribution in [0.25, 0.3) is 10.9 Å². The van der Waals surface area contributed by atoms with Crippen LogP contribution in [0.3, 0.4) is 0 Å². The fraction of sp³-hybridized carbons (Fsp3) is 0.286. The molecule has 1 N–H and O–H groups in total. The number of ether oxygens (including phenoxy) is 1. The maximum atomic E-state index is 10.6. The van der Waals surface area contributed by atoms with Crippen LogP contribution >= 0.6 is 0 Å². The van der Waals surface area contributed by atoms with E-state index in [9.17, 15) is 5.11 Å². The molecule has 0 amide bonds. The van der Waals surface area contributed by atoms with Gasteiger partial charge >= 0.3 is 6.01 Å². The van der Waals surface area contributed by atoms with Gasteiger partial charge in [-0.05, 0) is 17.2 Å². The Kier molecular flexibility index (Phi) is 7.10. The van der Waals surface area contributed by atoms with Crippen LogP contribution in [-0.2, 0) is 0 Å². The Morgan fingerprint density at radius 3 is 2.09 bits per heavy atom. The number of aliphatic hydroxyl groups is 1.